The van der Waals surface area contributed by atoms with Crippen molar-refractivity contribution in [1.82, 2.24) is 10.6 Å². The van der Waals surface area contributed by atoms with Gasteiger partial charge in [0, 0.05) is 47.2 Å². The zero-order chi connectivity index (χ0) is 17.2. The van der Waals surface area contributed by atoms with Crippen molar-refractivity contribution in [3.8, 4) is 0 Å². The lowest BCUT2D eigenvalue weighted by molar-refractivity contribution is 0.419. The molecule has 2 N–H and O–H groups in total. The van der Waals surface area contributed by atoms with E-state index in [1.54, 1.807) is 7.05 Å². The van der Waals surface area contributed by atoms with Gasteiger partial charge < -0.3 is 10.6 Å². The van der Waals surface area contributed by atoms with Gasteiger partial charge >= 0.3 is 0 Å². The summed E-state index contributed by atoms with van der Waals surface area (Å²) in [4.78, 5) is 4.30. The van der Waals surface area contributed by atoms with Gasteiger partial charge in [-0.25, -0.2) is 0 Å². The van der Waals surface area contributed by atoms with E-state index in [4.69, 9.17) is 0 Å². The van der Waals surface area contributed by atoms with E-state index in [2.05, 4.69) is 21.9 Å². The molecule has 1 fully saturated rings. The fourth-order valence-electron chi connectivity index (χ4n) is 2.99. The van der Waals surface area contributed by atoms with Crippen molar-refractivity contribution in [1.29, 1.82) is 0 Å². The van der Waals surface area contributed by atoms with Crippen molar-refractivity contribution in [2.24, 2.45) is 4.99 Å². The van der Waals surface area contributed by atoms with Gasteiger partial charge in [-0.1, -0.05) is 36.8 Å². The molecule has 0 spiro atoms. The summed E-state index contributed by atoms with van der Waals surface area (Å²) >= 11 is 1.97. The molecular weight excluding hydrogens is 338 g/mol. The molecule has 2 rings (SSSR count). The van der Waals surface area contributed by atoms with Gasteiger partial charge in [0.25, 0.3) is 0 Å². The molecule has 6 heteroatoms. The van der Waals surface area contributed by atoms with Gasteiger partial charge in [0.15, 0.2) is 5.96 Å². The largest absolute Gasteiger partial charge is 0.355 e. The van der Waals surface area contributed by atoms with Gasteiger partial charge in [-0.2, -0.15) is 11.8 Å². The van der Waals surface area contributed by atoms with Crippen LogP contribution in [0.25, 0.3) is 0 Å². The van der Waals surface area contributed by atoms with Crippen molar-refractivity contribution >= 4 is 28.5 Å². The molecule has 4 nitrogen and oxygen atoms in total. The molecule has 1 saturated carbocycles. The van der Waals surface area contributed by atoms with Crippen LogP contribution in [0.4, 0.5) is 0 Å². The summed E-state index contributed by atoms with van der Waals surface area (Å²) < 4.78 is 12.2. The van der Waals surface area contributed by atoms with Crippen molar-refractivity contribution in [2.45, 2.75) is 42.7 Å². The van der Waals surface area contributed by atoms with Crippen LogP contribution in [0.3, 0.4) is 0 Å². The number of hydrogen-bond acceptors (Lipinski definition) is 3. The predicted octanol–water partition coefficient (Wildman–Crippen LogP) is 2.77. The van der Waals surface area contributed by atoms with Gasteiger partial charge in [0.05, 0.1) is 0 Å². The summed E-state index contributed by atoms with van der Waals surface area (Å²) in [6, 6.07) is 10.5. The number of hydrogen-bond donors (Lipinski definition) is 2. The molecule has 1 aliphatic carbocycles. The Labute approximate surface area is 152 Å². The molecule has 1 aromatic carbocycles. The third kappa shape index (κ3) is 6.85. The quantitative estimate of drug-likeness (QED) is 0.575. The van der Waals surface area contributed by atoms with Gasteiger partial charge in [0.1, 0.15) is 0 Å². The first-order valence-electron chi connectivity index (χ1n) is 8.60. The first-order valence-corrected chi connectivity index (χ1v) is 11.4. The summed E-state index contributed by atoms with van der Waals surface area (Å²) in [5.41, 5.74) is 1.13. The van der Waals surface area contributed by atoms with Crippen LogP contribution in [0.15, 0.2) is 35.3 Å². The zero-order valence-electron chi connectivity index (χ0n) is 14.7. The topological polar surface area (TPSA) is 53.5 Å². The fraction of sp³-hybridized carbons (Fsp3) is 0.611. The van der Waals surface area contributed by atoms with Gasteiger partial charge in [0.2, 0.25) is 0 Å². The monoisotopic (exact) mass is 367 g/mol. The third-order valence-electron chi connectivity index (χ3n) is 4.32. The average molecular weight is 368 g/mol. The van der Waals surface area contributed by atoms with Crippen molar-refractivity contribution in [2.75, 3.05) is 25.6 Å². The number of rotatable bonds is 7. The van der Waals surface area contributed by atoms with Crippen LogP contribution in [-0.2, 0) is 16.6 Å². The normalized spacial score (nSPS) is 22.8. The van der Waals surface area contributed by atoms with Crippen LogP contribution >= 0.6 is 11.8 Å². The lowest BCUT2D eigenvalue weighted by atomic mass is 9.95. The first kappa shape index (κ1) is 19.3. The van der Waals surface area contributed by atoms with E-state index >= 15 is 0 Å². The zero-order valence-corrected chi connectivity index (χ0v) is 16.3. The van der Waals surface area contributed by atoms with Gasteiger partial charge in [-0.15, -0.1) is 0 Å². The number of thioether (sulfide) groups is 1. The Morgan fingerprint density at radius 2 is 2.12 bits per heavy atom. The highest BCUT2D eigenvalue weighted by atomic mass is 32.2. The number of nitrogens with zero attached hydrogens (tertiary/aromatic N) is 1. The highest BCUT2D eigenvalue weighted by Gasteiger charge is 2.21. The third-order valence-corrected chi connectivity index (χ3v) is 6.73. The average Bonchev–Trinajstić information content (AvgIpc) is 2.62. The lowest BCUT2D eigenvalue weighted by Crippen LogP contribution is -2.46. The van der Waals surface area contributed by atoms with E-state index in [9.17, 15) is 4.21 Å². The van der Waals surface area contributed by atoms with E-state index in [0.29, 0.717) is 24.1 Å². The molecule has 0 radical (unpaired) electrons. The second-order valence-corrected chi connectivity index (χ2v) is 8.85. The molecular formula is C18H29N3OS2. The van der Waals surface area contributed by atoms with Crippen LogP contribution in [-0.4, -0.2) is 47.1 Å². The minimum absolute atomic E-state index is 0.497. The van der Waals surface area contributed by atoms with E-state index in [0.717, 1.165) is 16.8 Å². The molecule has 0 heterocycles. The minimum Gasteiger partial charge on any atom is -0.355 e. The summed E-state index contributed by atoms with van der Waals surface area (Å²) in [5, 5.41) is 7.58. The summed E-state index contributed by atoms with van der Waals surface area (Å²) in [6.07, 6.45) is 7.20. The Bertz CT molecular complexity index is 536. The second kappa shape index (κ2) is 10.8. The van der Waals surface area contributed by atoms with E-state index in [1.807, 2.05) is 42.1 Å². The van der Waals surface area contributed by atoms with Crippen molar-refractivity contribution in [3.63, 3.8) is 0 Å². The SMILES string of the molecule is CN=C(NCCS(=O)Cc1ccccc1)NC1CCCC(SC)C1. The molecule has 24 heavy (non-hydrogen) atoms. The number of guanidine groups is 1. The first-order chi connectivity index (χ1) is 11.7. The smallest absolute Gasteiger partial charge is 0.191 e. The van der Waals surface area contributed by atoms with Crippen molar-refractivity contribution in [3.05, 3.63) is 35.9 Å². The van der Waals surface area contributed by atoms with Crippen molar-refractivity contribution < 1.29 is 4.21 Å². The maximum Gasteiger partial charge on any atom is 0.191 e. The number of benzene rings is 1. The Balaban J connectivity index is 1.69. The van der Waals surface area contributed by atoms with E-state index < -0.39 is 10.8 Å². The van der Waals surface area contributed by atoms with Gasteiger partial charge in [-0.3, -0.25) is 9.20 Å². The summed E-state index contributed by atoms with van der Waals surface area (Å²) in [5.74, 6) is 2.08. The lowest BCUT2D eigenvalue weighted by Gasteiger charge is -2.29. The molecule has 3 atom stereocenters. The summed E-state index contributed by atoms with van der Waals surface area (Å²) in [7, 11) is 0.945. The molecule has 0 bridgehead atoms. The molecule has 134 valence electrons. The number of nitrogens with one attached hydrogen (secondary N) is 2. The Morgan fingerprint density at radius 1 is 1.33 bits per heavy atom. The maximum absolute atomic E-state index is 12.2. The minimum atomic E-state index is -0.852. The molecule has 0 aliphatic heterocycles. The fourth-order valence-corrected chi connectivity index (χ4v) is 4.86. The molecule has 3 unspecified atom stereocenters. The highest BCUT2D eigenvalue weighted by Crippen LogP contribution is 2.26. The Kier molecular flexibility index (Phi) is 8.67. The Morgan fingerprint density at radius 3 is 2.83 bits per heavy atom. The van der Waals surface area contributed by atoms with Crippen LogP contribution in [0.2, 0.25) is 0 Å². The van der Waals surface area contributed by atoms with Crippen LogP contribution in [0, 0.1) is 0 Å². The molecule has 0 saturated heterocycles. The predicted molar refractivity (Wildman–Crippen MR) is 107 cm³/mol. The van der Waals surface area contributed by atoms with Crippen LogP contribution < -0.4 is 10.6 Å². The molecule has 0 amide bonds. The van der Waals surface area contributed by atoms with E-state index in [-0.39, 0.29) is 0 Å². The molecule has 1 aromatic rings. The number of aliphatic imine (C=N–C) groups is 1. The van der Waals surface area contributed by atoms with Crippen LogP contribution in [0.1, 0.15) is 31.2 Å². The summed E-state index contributed by atoms with van der Waals surface area (Å²) in [6.45, 7) is 0.678. The maximum atomic E-state index is 12.2. The standard InChI is InChI=1S/C18H29N3OS2/c1-19-18(21-16-9-6-10-17(13-16)23-2)20-11-12-24(22)14-15-7-4-3-5-8-15/h3-5,7-8,16-17H,6,9-14H2,1-2H3,(H2,19,20,21). The van der Waals surface area contributed by atoms with Crippen LogP contribution in [0.5, 0.6) is 0 Å². The van der Waals surface area contributed by atoms with E-state index in [1.165, 1.54) is 25.7 Å². The van der Waals surface area contributed by atoms with Gasteiger partial charge in [-0.05, 0) is 31.1 Å². The Hall–Kier alpha value is -1.01. The molecule has 1 aliphatic rings. The second-order valence-electron chi connectivity index (χ2n) is 6.14. The molecule has 0 aromatic heterocycles. The highest BCUT2D eigenvalue weighted by molar-refractivity contribution is 7.99.